The third-order valence-corrected chi connectivity index (χ3v) is 5.71. The number of rotatable bonds is 6. The number of fused-ring (bicyclic) bond motifs is 3. The van der Waals surface area contributed by atoms with Crippen molar-refractivity contribution in [2.45, 2.75) is 18.4 Å². The summed E-state index contributed by atoms with van der Waals surface area (Å²) in [7, 11) is 0. The standard InChI is InChI=1S/C24H20BrNO3/c25-17-11-9-16(10-12-17)13-18(14-27)26-24(28)29-15-23-21-7-3-1-5-19(21)20-6-2-4-8-22(20)23/h1-12,14,18,23H,13,15H2,(H,26,28)/t18-/m1/s1. The number of carbonyl (C=O) groups excluding carboxylic acids is 2. The fourth-order valence-electron chi connectivity index (χ4n) is 3.80. The Balaban J connectivity index is 1.40. The van der Waals surface area contributed by atoms with E-state index in [2.05, 4.69) is 45.5 Å². The van der Waals surface area contributed by atoms with E-state index in [0.717, 1.165) is 27.4 Å². The molecule has 0 aromatic heterocycles. The van der Waals surface area contributed by atoms with Gasteiger partial charge in [-0.15, -0.1) is 0 Å². The van der Waals surface area contributed by atoms with Crippen LogP contribution in [0.1, 0.15) is 22.6 Å². The summed E-state index contributed by atoms with van der Waals surface area (Å²) < 4.78 is 6.48. The molecule has 3 aromatic carbocycles. The van der Waals surface area contributed by atoms with Gasteiger partial charge in [0.05, 0.1) is 6.04 Å². The summed E-state index contributed by atoms with van der Waals surface area (Å²) in [6.07, 6.45) is 0.575. The first kappa shape index (κ1) is 19.4. The Kier molecular flexibility index (Phi) is 5.76. The quantitative estimate of drug-likeness (QED) is 0.532. The zero-order valence-corrected chi connectivity index (χ0v) is 17.3. The minimum atomic E-state index is -0.633. The number of halogens is 1. The maximum atomic E-state index is 12.3. The molecule has 0 aliphatic heterocycles. The number of hydrogen-bond donors (Lipinski definition) is 1. The van der Waals surface area contributed by atoms with E-state index in [0.29, 0.717) is 6.42 Å². The van der Waals surface area contributed by atoms with E-state index in [4.69, 9.17) is 4.74 Å². The molecule has 0 saturated heterocycles. The molecule has 1 aliphatic carbocycles. The summed E-state index contributed by atoms with van der Waals surface area (Å²) in [5.74, 6) is -0.00527. The second kappa shape index (κ2) is 8.62. The fourth-order valence-corrected chi connectivity index (χ4v) is 4.06. The van der Waals surface area contributed by atoms with Crippen molar-refractivity contribution < 1.29 is 14.3 Å². The van der Waals surface area contributed by atoms with Gasteiger partial charge in [0.25, 0.3) is 0 Å². The fraction of sp³-hybridized carbons (Fsp3) is 0.167. The van der Waals surface area contributed by atoms with Crippen LogP contribution in [0.3, 0.4) is 0 Å². The third-order valence-electron chi connectivity index (χ3n) is 5.18. The number of nitrogens with one attached hydrogen (secondary N) is 1. The molecule has 5 heteroatoms. The van der Waals surface area contributed by atoms with Gasteiger partial charge in [-0.2, -0.15) is 0 Å². The van der Waals surface area contributed by atoms with Crippen LogP contribution < -0.4 is 5.32 Å². The average molecular weight is 450 g/mol. The van der Waals surface area contributed by atoms with Gasteiger partial charge in [-0.3, -0.25) is 0 Å². The highest BCUT2D eigenvalue weighted by atomic mass is 79.9. The summed E-state index contributed by atoms with van der Waals surface area (Å²) >= 11 is 3.39. The van der Waals surface area contributed by atoms with Gasteiger partial charge in [0, 0.05) is 10.4 Å². The highest BCUT2D eigenvalue weighted by Crippen LogP contribution is 2.44. The summed E-state index contributed by atoms with van der Waals surface area (Å²) in [6.45, 7) is 0.226. The molecule has 0 unspecified atom stereocenters. The number of alkyl carbamates (subject to hydrolysis) is 1. The highest BCUT2D eigenvalue weighted by Gasteiger charge is 2.29. The molecule has 3 aromatic rings. The van der Waals surface area contributed by atoms with Crippen LogP contribution in [0.25, 0.3) is 11.1 Å². The molecule has 1 atom stereocenters. The third kappa shape index (κ3) is 4.25. The van der Waals surface area contributed by atoms with Crippen molar-refractivity contribution in [3.63, 3.8) is 0 Å². The first-order valence-electron chi connectivity index (χ1n) is 9.47. The summed E-state index contributed by atoms with van der Waals surface area (Å²) in [6, 6.07) is 23.4. The zero-order chi connectivity index (χ0) is 20.2. The Hall–Kier alpha value is -2.92. The first-order valence-corrected chi connectivity index (χ1v) is 10.3. The second-order valence-electron chi connectivity index (χ2n) is 7.04. The summed E-state index contributed by atoms with van der Waals surface area (Å²) in [5.41, 5.74) is 5.63. The monoisotopic (exact) mass is 449 g/mol. The SMILES string of the molecule is O=C[C@@H](Cc1ccc(Br)cc1)NC(=O)OCC1c2ccccc2-c2ccccc21. The van der Waals surface area contributed by atoms with Crippen LogP contribution in [-0.4, -0.2) is 25.0 Å². The predicted octanol–water partition coefficient (Wildman–Crippen LogP) is 5.10. The molecule has 29 heavy (non-hydrogen) atoms. The molecule has 1 N–H and O–H groups in total. The van der Waals surface area contributed by atoms with E-state index in [9.17, 15) is 9.59 Å². The molecular weight excluding hydrogens is 430 g/mol. The minimum absolute atomic E-state index is 0.00527. The van der Waals surface area contributed by atoms with Crippen LogP contribution in [-0.2, 0) is 16.0 Å². The maximum Gasteiger partial charge on any atom is 0.407 e. The van der Waals surface area contributed by atoms with E-state index in [1.54, 1.807) is 0 Å². The molecule has 0 bridgehead atoms. The van der Waals surface area contributed by atoms with Crippen molar-refractivity contribution in [2.75, 3.05) is 6.61 Å². The van der Waals surface area contributed by atoms with Crippen LogP contribution in [0.4, 0.5) is 4.79 Å². The average Bonchev–Trinajstić information content (AvgIpc) is 3.07. The van der Waals surface area contributed by atoms with Gasteiger partial charge in [-0.05, 0) is 46.4 Å². The van der Waals surface area contributed by atoms with Crippen molar-refractivity contribution >= 4 is 28.3 Å². The van der Waals surface area contributed by atoms with E-state index in [1.807, 2.05) is 48.5 Å². The Labute approximate surface area is 178 Å². The molecule has 1 aliphatic rings. The van der Waals surface area contributed by atoms with Crippen LogP contribution in [0.15, 0.2) is 77.3 Å². The van der Waals surface area contributed by atoms with Gasteiger partial charge in [-0.1, -0.05) is 76.6 Å². The maximum absolute atomic E-state index is 12.3. The van der Waals surface area contributed by atoms with Crippen LogP contribution in [0.2, 0.25) is 0 Å². The normalized spacial score (nSPS) is 13.3. The van der Waals surface area contributed by atoms with Crippen molar-refractivity contribution in [1.82, 2.24) is 5.32 Å². The van der Waals surface area contributed by atoms with Crippen molar-refractivity contribution in [2.24, 2.45) is 0 Å². The van der Waals surface area contributed by atoms with Crippen LogP contribution in [0.5, 0.6) is 0 Å². The summed E-state index contributed by atoms with van der Waals surface area (Å²) in [5, 5.41) is 2.66. The Morgan fingerprint density at radius 3 is 2.14 bits per heavy atom. The molecule has 4 nitrogen and oxygen atoms in total. The van der Waals surface area contributed by atoms with Gasteiger partial charge in [0.2, 0.25) is 0 Å². The molecule has 1 amide bonds. The molecule has 146 valence electrons. The number of aldehydes is 1. The predicted molar refractivity (Wildman–Crippen MR) is 116 cm³/mol. The number of benzene rings is 3. The topological polar surface area (TPSA) is 55.4 Å². The zero-order valence-electron chi connectivity index (χ0n) is 15.7. The van der Waals surface area contributed by atoms with Gasteiger partial charge < -0.3 is 14.8 Å². The first-order chi connectivity index (χ1) is 14.2. The molecule has 0 heterocycles. The lowest BCUT2D eigenvalue weighted by Gasteiger charge is -2.17. The van der Waals surface area contributed by atoms with E-state index in [-0.39, 0.29) is 12.5 Å². The van der Waals surface area contributed by atoms with Crippen LogP contribution in [0, 0.1) is 0 Å². The Morgan fingerprint density at radius 1 is 0.966 bits per heavy atom. The van der Waals surface area contributed by atoms with E-state index in [1.165, 1.54) is 11.1 Å². The molecule has 0 spiro atoms. The van der Waals surface area contributed by atoms with E-state index >= 15 is 0 Å². The lowest BCUT2D eigenvalue weighted by atomic mass is 9.98. The molecule has 0 radical (unpaired) electrons. The van der Waals surface area contributed by atoms with Gasteiger partial charge in [0.1, 0.15) is 12.9 Å². The summed E-state index contributed by atoms with van der Waals surface area (Å²) in [4.78, 5) is 23.8. The lowest BCUT2D eigenvalue weighted by Crippen LogP contribution is -2.38. The minimum Gasteiger partial charge on any atom is -0.449 e. The van der Waals surface area contributed by atoms with Gasteiger partial charge >= 0.3 is 6.09 Å². The van der Waals surface area contributed by atoms with Gasteiger partial charge in [-0.25, -0.2) is 4.79 Å². The van der Waals surface area contributed by atoms with Crippen molar-refractivity contribution in [1.29, 1.82) is 0 Å². The van der Waals surface area contributed by atoms with Gasteiger partial charge in [0.15, 0.2) is 0 Å². The molecule has 0 fully saturated rings. The number of hydrogen-bond acceptors (Lipinski definition) is 3. The van der Waals surface area contributed by atoms with E-state index < -0.39 is 12.1 Å². The Morgan fingerprint density at radius 2 is 1.55 bits per heavy atom. The van der Waals surface area contributed by atoms with Crippen molar-refractivity contribution in [3.8, 4) is 11.1 Å². The Bertz CT molecular complexity index is 987. The largest absolute Gasteiger partial charge is 0.449 e. The number of amides is 1. The second-order valence-corrected chi connectivity index (χ2v) is 7.96. The molecule has 4 rings (SSSR count). The molecular formula is C24H20BrNO3. The highest BCUT2D eigenvalue weighted by molar-refractivity contribution is 9.10. The smallest absolute Gasteiger partial charge is 0.407 e. The molecule has 0 saturated carbocycles. The number of ether oxygens (including phenoxy) is 1. The number of carbonyl (C=O) groups is 2. The lowest BCUT2D eigenvalue weighted by molar-refractivity contribution is -0.109. The van der Waals surface area contributed by atoms with Crippen LogP contribution >= 0.6 is 15.9 Å². The van der Waals surface area contributed by atoms with Crippen molar-refractivity contribution in [3.05, 3.63) is 94.0 Å².